The summed E-state index contributed by atoms with van der Waals surface area (Å²) < 4.78 is 22.3. The molecule has 0 saturated heterocycles. The van der Waals surface area contributed by atoms with Crippen LogP contribution in [0.1, 0.15) is 22.6 Å². The van der Waals surface area contributed by atoms with Crippen LogP contribution in [0.4, 0.5) is 0 Å². The second-order valence-corrected chi connectivity index (χ2v) is 8.42. The molecule has 0 N–H and O–H groups in total. The molecule has 4 nitrogen and oxygen atoms in total. The number of phosphoric ester groups is 1. The molecular formula is C26H22NaO4P. The van der Waals surface area contributed by atoms with Crippen LogP contribution in [-0.4, -0.2) is 0 Å². The van der Waals surface area contributed by atoms with Crippen LogP contribution in [0.5, 0.6) is 11.5 Å². The van der Waals surface area contributed by atoms with Crippen LogP contribution >= 0.6 is 7.82 Å². The molecule has 0 heterocycles. The Morgan fingerprint density at radius 1 is 0.625 bits per heavy atom. The number of hydrogen-bond donors (Lipinski definition) is 0. The van der Waals surface area contributed by atoms with E-state index in [-0.39, 0.29) is 47.0 Å². The van der Waals surface area contributed by atoms with E-state index >= 15 is 0 Å². The van der Waals surface area contributed by atoms with E-state index < -0.39 is 7.82 Å². The molecule has 0 amide bonds. The summed E-state index contributed by atoms with van der Waals surface area (Å²) in [5.74, 6) is 0.626. The van der Waals surface area contributed by atoms with E-state index in [4.69, 9.17) is 9.05 Å². The monoisotopic (exact) mass is 452 g/mol. The normalized spacial score (nSPS) is 12.4. The minimum absolute atomic E-state index is 0. The molecule has 0 aliphatic rings. The number of para-hydroxylation sites is 1. The summed E-state index contributed by atoms with van der Waals surface area (Å²) in [6.07, 6.45) is 0.782. The average Bonchev–Trinajstić information content (AvgIpc) is 2.80. The predicted octanol–water partition coefficient (Wildman–Crippen LogP) is 2.99. The first-order valence-electron chi connectivity index (χ1n) is 10.0. The van der Waals surface area contributed by atoms with Gasteiger partial charge < -0.3 is 13.9 Å². The van der Waals surface area contributed by atoms with Crippen molar-refractivity contribution in [1.82, 2.24) is 0 Å². The van der Waals surface area contributed by atoms with E-state index in [0.29, 0.717) is 0 Å². The number of benzene rings is 4. The van der Waals surface area contributed by atoms with E-state index in [2.05, 4.69) is 24.3 Å². The molecule has 4 rings (SSSR count). The maximum Gasteiger partial charge on any atom is 1.00 e. The summed E-state index contributed by atoms with van der Waals surface area (Å²) in [4.78, 5) is 12.2. The molecular weight excluding hydrogens is 430 g/mol. The Morgan fingerprint density at radius 3 is 1.50 bits per heavy atom. The molecule has 32 heavy (non-hydrogen) atoms. The molecule has 156 valence electrons. The Bertz CT molecular complexity index is 1100. The first kappa shape index (κ1) is 24.3. The molecule has 0 aromatic heterocycles. The molecule has 0 bridgehead atoms. The third-order valence-electron chi connectivity index (χ3n) is 4.94. The standard InChI is InChI=1S/C26H23O4P.Na/c27-31(28,29-24-14-8-3-9-15-24)30-25-18-16-21(17-19-25)20-26(22-10-4-1-5-11-22)23-12-6-2-7-13-23;/h1-19,26H,20H2,(H,27,28);/q;+1/p-1. The van der Waals surface area contributed by atoms with Crippen LogP contribution in [-0.2, 0) is 11.0 Å². The SMILES string of the molecule is O=P([O-])(Oc1ccccc1)Oc1ccc(CC(c2ccccc2)c2ccccc2)cc1.[Na+]. The molecule has 0 fully saturated rings. The first-order chi connectivity index (χ1) is 15.1. The molecule has 0 aliphatic carbocycles. The Kier molecular flexibility index (Phi) is 8.75. The zero-order chi connectivity index (χ0) is 21.5. The van der Waals surface area contributed by atoms with E-state index in [9.17, 15) is 9.46 Å². The van der Waals surface area contributed by atoms with Crippen LogP contribution in [0.2, 0.25) is 0 Å². The van der Waals surface area contributed by atoms with E-state index in [1.807, 2.05) is 48.5 Å². The van der Waals surface area contributed by atoms with Crippen LogP contribution < -0.4 is 43.5 Å². The molecule has 6 heteroatoms. The fourth-order valence-corrected chi connectivity index (χ4v) is 4.28. The van der Waals surface area contributed by atoms with Crippen molar-refractivity contribution < 1.29 is 48.1 Å². The van der Waals surface area contributed by atoms with Gasteiger partial charge in [0.25, 0.3) is 0 Å². The summed E-state index contributed by atoms with van der Waals surface area (Å²) in [5, 5.41) is 0. The summed E-state index contributed by atoms with van der Waals surface area (Å²) in [6.45, 7) is 0. The number of phosphoric acid groups is 1. The molecule has 1 unspecified atom stereocenters. The Hall–Kier alpha value is -2.33. The maximum absolute atomic E-state index is 12.2. The zero-order valence-electron chi connectivity index (χ0n) is 17.8. The summed E-state index contributed by atoms with van der Waals surface area (Å²) in [7, 11) is -4.52. The molecule has 1 atom stereocenters. The molecule has 0 saturated carbocycles. The van der Waals surface area contributed by atoms with E-state index in [1.165, 1.54) is 11.1 Å². The maximum atomic E-state index is 12.2. The van der Waals surface area contributed by atoms with Gasteiger partial charge in [0.15, 0.2) is 0 Å². The van der Waals surface area contributed by atoms with Gasteiger partial charge in [0, 0.05) is 5.92 Å². The van der Waals surface area contributed by atoms with Gasteiger partial charge in [-0.25, -0.2) is 4.57 Å². The third kappa shape index (κ3) is 6.83. The van der Waals surface area contributed by atoms with Gasteiger partial charge in [-0.2, -0.15) is 0 Å². The topological polar surface area (TPSA) is 58.6 Å². The van der Waals surface area contributed by atoms with Crippen molar-refractivity contribution in [2.24, 2.45) is 0 Å². The minimum Gasteiger partial charge on any atom is -0.736 e. The average molecular weight is 452 g/mol. The molecule has 0 aliphatic heterocycles. The zero-order valence-corrected chi connectivity index (χ0v) is 20.7. The smallest absolute Gasteiger partial charge is 0.736 e. The van der Waals surface area contributed by atoms with Crippen LogP contribution in [0, 0.1) is 0 Å². The van der Waals surface area contributed by atoms with Crippen LogP contribution in [0.25, 0.3) is 0 Å². The largest absolute Gasteiger partial charge is 1.00 e. The van der Waals surface area contributed by atoms with Crippen molar-refractivity contribution in [3.63, 3.8) is 0 Å². The summed E-state index contributed by atoms with van der Waals surface area (Å²) >= 11 is 0. The molecule has 0 radical (unpaired) electrons. The van der Waals surface area contributed by atoms with Crippen LogP contribution in [0.3, 0.4) is 0 Å². The van der Waals surface area contributed by atoms with Crippen molar-refractivity contribution in [2.45, 2.75) is 12.3 Å². The van der Waals surface area contributed by atoms with Gasteiger partial charge in [-0.15, -0.1) is 0 Å². The van der Waals surface area contributed by atoms with Crippen LogP contribution in [0.15, 0.2) is 115 Å². The summed E-state index contributed by atoms with van der Waals surface area (Å²) in [5.41, 5.74) is 3.54. The fourth-order valence-electron chi connectivity index (χ4n) is 3.48. The van der Waals surface area contributed by atoms with Gasteiger partial charge in [-0.3, -0.25) is 0 Å². The van der Waals surface area contributed by atoms with E-state index in [1.54, 1.807) is 42.5 Å². The Labute approximate surface area is 210 Å². The number of rotatable bonds is 8. The van der Waals surface area contributed by atoms with Crippen molar-refractivity contribution in [3.8, 4) is 11.5 Å². The Morgan fingerprint density at radius 2 is 1.03 bits per heavy atom. The molecule has 4 aromatic rings. The fraction of sp³-hybridized carbons (Fsp3) is 0.0769. The minimum atomic E-state index is -4.52. The van der Waals surface area contributed by atoms with Gasteiger partial charge in [0.1, 0.15) is 11.5 Å². The quantitative estimate of drug-likeness (QED) is 0.305. The van der Waals surface area contributed by atoms with Crippen molar-refractivity contribution in [3.05, 3.63) is 132 Å². The predicted molar refractivity (Wildman–Crippen MR) is 120 cm³/mol. The van der Waals surface area contributed by atoms with E-state index in [0.717, 1.165) is 12.0 Å². The van der Waals surface area contributed by atoms with Crippen molar-refractivity contribution >= 4 is 7.82 Å². The second-order valence-electron chi connectivity index (χ2n) is 7.16. The Balaban J connectivity index is 0.00000289. The first-order valence-corrected chi connectivity index (χ1v) is 11.5. The van der Waals surface area contributed by atoms with Gasteiger partial charge in [0.2, 0.25) is 0 Å². The summed E-state index contributed by atoms with van der Waals surface area (Å²) in [6, 6.07) is 36.1. The van der Waals surface area contributed by atoms with Crippen molar-refractivity contribution in [2.75, 3.05) is 0 Å². The van der Waals surface area contributed by atoms with Gasteiger partial charge in [-0.05, 0) is 47.4 Å². The number of hydrogen-bond acceptors (Lipinski definition) is 4. The molecule has 4 aromatic carbocycles. The second kappa shape index (κ2) is 11.5. The van der Waals surface area contributed by atoms with Gasteiger partial charge in [-0.1, -0.05) is 91.0 Å². The molecule has 0 spiro atoms. The van der Waals surface area contributed by atoms with Crippen molar-refractivity contribution in [1.29, 1.82) is 0 Å². The van der Waals surface area contributed by atoms with Gasteiger partial charge >= 0.3 is 37.4 Å². The van der Waals surface area contributed by atoms with Gasteiger partial charge in [0.05, 0.1) is 0 Å². The third-order valence-corrected chi connectivity index (χ3v) is 5.81.